The van der Waals surface area contributed by atoms with E-state index in [1.54, 1.807) is 16.5 Å². The third kappa shape index (κ3) is 3.23. The Labute approximate surface area is 86.6 Å². The molecule has 1 aromatic heterocycles. The van der Waals surface area contributed by atoms with Crippen LogP contribution in [0.2, 0.25) is 0 Å². The van der Waals surface area contributed by atoms with Crippen molar-refractivity contribution in [2.24, 2.45) is 5.92 Å². The van der Waals surface area contributed by atoms with Crippen LogP contribution in [-0.2, 0) is 17.4 Å². The molecule has 0 radical (unpaired) electrons. The van der Waals surface area contributed by atoms with Crippen molar-refractivity contribution in [1.29, 1.82) is 0 Å². The average Bonchev–Trinajstić information content (AvgIpc) is 2.52. The number of imidazole rings is 1. The first-order valence-corrected chi connectivity index (χ1v) is 5.93. The summed E-state index contributed by atoms with van der Waals surface area (Å²) >= 11 is 0. The summed E-state index contributed by atoms with van der Waals surface area (Å²) in [7, 11) is -1.02. The van der Waals surface area contributed by atoms with Crippen LogP contribution in [0, 0.1) is 5.92 Å². The molecule has 0 aliphatic heterocycles. The summed E-state index contributed by atoms with van der Waals surface area (Å²) in [5.74, 6) is 1.04. The van der Waals surface area contributed by atoms with Crippen LogP contribution >= 0.6 is 0 Å². The molecule has 1 heterocycles. The van der Waals surface area contributed by atoms with Crippen LogP contribution in [0.3, 0.4) is 0 Å². The van der Waals surface area contributed by atoms with Crippen LogP contribution in [0.4, 0.5) is 0 Å². The van der Waals surface area contributed by atoms with Gasteiger partial charge in [0.05, 0.1) is 5.69 Å². The van der Waals surface area contributed by atoms with E-state index in [-0.39, 0.29) is 6.61 Å². The van der Waals surface area contributed by atoms with Crippen molar-refractivity contribution in [1.82, 2.24) is 8.96 Å². The molecule has 0 saturated heterocycles. The second-order valence-electron chi connectivity index (χ2n) is 3.58. The zero-order chi connectivity index (χ0) is 10.6. The molecule has 0 spiro atoms. The Morgan fingerprint density at radius 1 is 1.64 bits per heavy atom. The molecule has 5 heteroatoms. The van der Waals surface area contributed by atoms with Crippen molar-refractivity contribution in [3.63, 3.8) is 0 Å². The number of aromatic nitrogens is 2. The summed E-state index contributed by atoms with van der Waals surface area (Å²) in [6, 6.07) is 0. The SMILES string of the molecule is CC(C)CS(=O)n1cnc(CCO)c1. The lowest BCUT2D eigenvalue weighted by atomic mass is 10.3. The molecule has 0 aliphatic carbocycles. The molecule has 1 aromatic rings. The molecule has 0 aromatic carbocycles. The third-order valence-electron chi connectivity index (χ3n) is 1.69. The van der Waals surface area contributed by atoms with Crippen molar-refractivity contribution < 1.29 is 9.32 Å². The Kier molecular flexibility index (Phi) is 4.28. The van der Waals surface area contributed by atoms with E-state index in [4.69, 9.17) is 5.11 Å². The number of nitrogens with zero attached hydrogens (tertiary/aromatic N) is 2. The van der Waals surface area contributed by atoms with Crippen molar-refractivity contribution in [3.8, 4) is 0 Å². The lowest BCUT2D eigenvalue weighted by Gasteiger charge is -2.04. The number of hydrogen-bond donors (Lipinski definition) is 1. The summed E-state index contributed by atoms with van der Waals surface area (Å²) in [6.07, 6.45) is 3.81. The minimum atomic E-state index is -1.02. The normalized spacial score (nSPS) is 13.4. The van der Waals surface area contributed by atoms with Crippen molar-refractivity contribution in [2.45, 2.75) is 20.3 Å². The lowest BCUT2D eigenvalue weighted by Crippen LogP contribution is -2.11. The smallest absolute Gasteiger partial charge is 0.124 e. The van der Waals surface area contributed by atoms with Gasteiger partial charge in [-0.3, -0.25) is 3.97 Å². The Morgan fingerprint density at radius 2 is 2.36 bits per heavy atom. The van der Waals surface area contributed by atoms with Crippen LogP contribution in [0.25, 0.3) is 0 Å². The summed E-state index contributed by atoms with van der Waals surface area (Å²) in [6.45, 7) is 4.14. The maximum Gasteiger partial charge on any atom is 0.124 e. The highest BCUT2D eigenvalue weighted by atomic mass is 32.2. The summed E-state index contributed by atoms with van der Waals surface area (Å²) in [5, 5.41) is 8.69. The minimum absolute atomic E-state index is 0.0772. The van der Waals surface area contributed by atoms with E-state index in [1.165, 1.54) is 0 Å². The van der Waals surface area contributed by atoms with E-state index in [0.29, 0.717) is 18.1 Å². The highest BCUT2D eigenvalue weighted by Crippen LogP contribution is 2.02. The van der Waals surface area contributed by atoms with Gasteiger partial charge >= 0.3 is 0 Å². The number of hydrogen-bond acceptors (Lipinski definition) is 3. The lowest BCUT2D eigenvalue weighted by molar-refractivity contribution is 0.298. The van der Waals surface area contributed by atoms with Crippen LogP contribution in [0.15, 0.2) is 12.5 Å². The second kappa shape index (κ2) is 5.26. The number of aliphatic hydroxyl groups excluding tert-OH is 1. The van der Waals surface area contributed by atoms with E-state index in [1.807, 2.05) is 13.8 Å². The van der Waals surface area contributed by atoms with Gasteiger partial charge in [-0.1, -0.05) is 13.8 Å². The monoisotopic (exact) mass is 216 g/mol. The molecule has 0 bridgehead atoms. The van der Waals surface area contributed by atoms with Crippen LogP contribution in [0.5, 0.6) is 0 Å². The maximum absolute atomic E-state index is 11.6. The van der Waals surface area contributed by atoms with Crippen molar-refractivity contribution >= 4 is 11.0 Å². The second-order valence-corrected chi connectivity index (χ2v) is 4.98. The molecule has 1 N–H and O–H groups in total. The van der Waals surface area contributed by atoms with E-state index in [2.05, 4.69) is 4.98 Å². The molecule has 1 rings (SSSR count). The van der Waals surface area contributed by atoms with Gasteiger partial charge in [0.2, 0.25) is 0 Å². The van der Waals surface area contributed by atoms with Gasteiger partial charge in [-0.15, -0.1) is 0 Å². The van der Waals surface area contributed by atoms with Crippen molar-refractivity contribution in [2.75, 3.05) is 12.4 Å². The molecular weight excluding hydrogens is 200 g/mol. The van der Waals surface area contributed by atoms with Crippen LogP contribution < -0.4 is 0 Å². The molecular formula is C9H16N2O2S. The highest BCUT2D eigenvalue weighted by Gasteiger charge is 2.06. The van der Waals surface area contributed by atoms with Crippen LogP contribution in [0.1, 0.15) is 19.5 Å². The molecule has 0 aliphatic rings. The molecule has 0 amide bonds. The predicted molar refractivity (Wildman–Crippen MR) is 56.3 cm³/mol. The largest absolute Gasteiger partial charge is 0.396 e. The third-order valence-corrected chi connectivity index (χ3v) is 3.31. The van der Waals surface area contributed by atoms with E-state index in [0.717, 1.165) is 5.69 Å². The Balaban J connectivity index is 2.62. The van der Waals surface area contributed by atoms with E-state index < -0.39 is 11.0 Å². The topological polar surface area (TPSA) is 55.1 Å². The summed E-state index contributed by atoms with van der Waals surface area (Å²) in [5.41, 5.74) is 0.782. The molecule has 14 heavy (non-hydrogen) atoms. The average molecular weight is 216 g/mol. The number of rotatable bonds is 5. The first-order chi connectivity index (χ1) is 6.63. The van der Waals surface area contributed by atoms with Crippen LogP contribution in [-0.4, -0.2) is 30.6 Å². The fourth-order valence-corrected chi connectivity index (χ4v) is 2.20. The number of aliphatic hydroxyl groups is 1. The highest BCUT2D eigenvalue weighted by molar-refractivity contribution is 7.83. The van der Waals surface area contributed by atoms with E-state index >= 15 is 0 Å². The van der Waals surface area contributed by atoms with Gasteiger partial charge in [0.1, 0.15) is 17.3 Å². The van der Waals surface area contributed by atoms with Crippen molar-refractivity contribution in [3.05, 3.63) is 18.2 Å². The van der Waals surface area contributed by atoms with Gasteiger partial charge < -0.3 is 5.11 Å². The predicted octanol–water partition coefficient (Wildman–Crippen LogP) is 0.586. The zero-order valence-corrected chi connectivity index (χ0v) is 9.33. The Bertz CT molecular complexity index is 310. The summed E-state index contributed by atoms with van der Waals surface area (Å²) in [4.78, 5) is 4.04. The van der Waals surface area contributed by atoms with Gasteiger partial charge in [-0.2, -0.15) is 0 Å². The van der Waals surface area contributed by atoms with Gasteiger partial charge in [0, 0.05) is 25.0 Å². The maximum atomic E-state index is 11.6. The quantitative estimate of drug-likeness (QED) is 0.783. The van der Waals surface area contributed by atoms with Gasteiger partial charge in [-0.05, 0) is 5.92 Å². The molecule has 1 atom stereocenters. The minimum Gasteiger partial charge on any atom is -0.396 e. The summed E-state index contributed by atoms with van der Waals surface area (Å²) < 4.78 is 13.2. The first kappa shape index (κ1) is 11.4. The Hall–Kier alpha value is -0.680. The fourth-order valence-electron chi connectivity index (χ4n) is 1.07. The standard InChI is InChI=1S/C9H16N2O2S/c1-8(2)6-14(13)11-5-9(3-4-12)10-7-11/h5,7-8,12H,3-4,6H2,1-2H3. The van der Waals surface area contributed by atoms with Gasteiger partial charge in [-0.25, -0.2) is 9.19 Å². The van der Waals surface area contributed by atoms with Gasteiger partial charge in [0.15, 0.2) is 0 Å². The molecule has 0 fully saturated rings. The zero-order valence-electron chi connectivity index (χ0n) is 8.51. The van der Waals surface area contributed by atoms with E-state index in [9.17, 15) is 4.21 Å². The first-order valence-electron chi connectivity index (χ1n) is 4.66. The Morgan fingerprint density at radius 3 is 2.93 bits per heavy atom. The molecule has 4 nitrogen and oxygen atoms in total. The fraction of sp³-hybridized carbons (Fsp3) is 0.667. The molecule has 80 valence electrons. The van der Waals surface area contributed by atoms with Gasteiger partial charge in [0.25, 0.3) is 0 Å². The molecule has 0 saturated carbocycles. The molecule has 1 unspecified atom stereocenters.